The van der Waals surface area contributed by atoms with E-state index in [1.807, 2.05) is 6.92 Å². The first kappa shape index (κ1) is 12.8. The molecule has 0 saturated heterocycles. The van der Waals surface area contributed by atoms with Crippen LogP contribution in [0.15, 0.2) is 18.2 Å². The van der Waals surface area contributed by atoms with Crippen molar-refractivity contribution in [3.63, 3.8) is 0 Å². The number of hydrogen-bond donors (Lipinski definition) is 4. The number of rotatable bonds is 5. The molecule has 0 aliphatic heterocycles. The second-order valence-corrected chi connectivity index (χ2v) is 4.04. The lowest BCUT2D eigenvalue weighted by molar-refractivity contribution is 0.0341. The van der Waals surface area contributed by atoms with E-state index in [0.717, 1.165) is 12.8 Å². The van der Waals surface area contributed by atoms with Gasteiger partial charge in [-0.05, 0) is 24.1 Å². The van der Waals surface area contributed by atoms with Crippen LogP contribution in [0.25, 0.3) is 0 Å². The zero-order valence-electron chi connectivity index (χ0n) is 9.48. The lowest BCUT2D eigenvalue weighted by atomic mass is 9.88. The third-order valence-electron chi connectivity index (χ3n) is 2.79. The minimum Gasteiger partial charge on any atom is -0.504 e. The highest BCUT2D eigenvalue weighted by atomic mass is 16.3. The van der Waals surface area contributed by atoms with E-state index >= 15 is 0 Å². The molecule has 1 aromatic carbocycles. The quantitative estimate of drug-likeness (QED) is 0.571. The molecular weight excluding hydrogens is 206 g/mol. The molecule has 0 fully saturated rings. The Morgan fingerprint density at radius 2 is 1.94 bits per heavy atom. The van der Waals surface area contributed by atoms with Gasteiger partial charge in [0.25, 0.3) is 0 Å². The summed E-state index contributed by atoms with van der Waals surface area (Å²) in [5.41, 5.74) is 4.99. The maximum Gasteiger partial charge on any atom is 0.157 e. The first-order valence-corrected chi connectivity index (χ1v) is 5.48. The first-order valence-electron chi connectivity index (χ1n) is 5.48. The lowest BCUT2D eigenvalue weighted by Crippen LogP contribution is -2.34. The highest BCUT2D eigenvalue weighted by Crippen LogP contribution is 2.32. The normalized spacial score (nSPS) is 14.7. The van der Waals surface area contributed by atoms with Gasteiger partial charge in [-0.25, -0.2) is 0 Å². The Hall–Kier alpha value is -1.26. The SMILES string of the molecule is CCCCC(O)(CN)c1ccc(O)c(O)c1. The van der Waals surface area contributed by atoms with Gasteiger partial charge in [-0.3, -0.25) is 0 Å². The molecule has 0 bridgehead atoms. The van der Waals surface area contributed by atoms with Gasteiger partial charge in [0.05, 0.1) is 0 Å². The Morgan fingerprint density at radius 1 is 1.25 bits per heavy atom. The van der Waals surface area contributed by atoms with Gasteiger partial charge < -0.3 is 21.1 Å². The van der Waals surface area contributed by atoms with Crippen molar-refractivity contribution >= 4 is 0 Å². The van der Waals surface area contributed by atoms with E-state index in [-0.39, 0.29) is 18.0 Å². The van der Waals surface area contributed by atoms with E-state index in [4.69, 9.17) is 5.73 Å². The predicted octanol–water partition coefficient (Wildman–Crippen LogP) is 1.43. The Morgan fingerprint density at radius 3 is 2.44 bits per heavy atom. The Bertz CT molecular complexity index is 354. The summed E-state index contributed by atoms with van der Waals surface area (Å²) in [6.07, 6.45) is 2.37. The van der Waals surface area contributed by atoms with E-state index in [0.29, 0.717) is 12.0 Å². The highest BCUT2D eigenvalue weighted by Gasteiger charge is 2.27. The summed E-state index contributed by atoms with van der Waals surface area (Å²) in [6, 6.07) is 4.30. The third kappa shape index (κ3) is 2.65. The molecule has 0 aromatic heterocycles. The molecular formula is C12H19NO3. The van der Waals surface area contributed by atoms with Crippen molar-refractivity contribution in [1.29, 1.82) is 0 Å². The van der Waals surface area contributed by atoms with Gasteiger partial charge in [-0.15, -0.1) is 0 Å². The van der Waals surface area contributed by atoms with Gasteiger partial charge in [0.1, 0.15) is 5.60 Å². The fraction of sp³-hybridized carbons (Fsp3) is 0.500. The average Bonchev–Trinajstić information content (AvgIpc) is 2.29. The maximum absolute atomic E-state index is 10.3. The van der Waals surface area contributed by atoms with Crippen LogP contribution in [0.1, 0.15) is 31.7 Å². The van der Waals surface area contributed by atoms with E-state index < -0.39 is 5.60 Å². The van der Waals surface area contributed by atoms with Crippen molar-refractivity contribution in [3.8, 4) is 11.5 Å². The number of benzene rings is 1. The fourth-order valence-electron chi connectivity index (χ4n) is 1.65. The molecule has 0 heterocycles. The fourth-order valence-corrected chi connectivity index (χ4v) is 1.65. The first-order chi connectivity index (χ1) is 7.53. The molecule has 0 radical (unpaired) electrons. The van der Waals surface area contributed by atoms with Gasteiger partial charge >= 0.3 is 0 Å². The molecule has 1 rings (SSSR count). The summed E-state index contributed by atoms with van der Waals surface area (Å²) in [5, 5.41) is 28.9. The second kappa shape index (κ2) is 5.18. The minimum atomic E-state index is -1.12. The van der Waals surface area contributed by atoms with Gasteiger partial charge in [0.15, 0.2) is 11.5 Å². The summed E-state index contributed by atoms with van der Waals surface area (Å²) in [4.78, 5) is 0. The number of unbranched alkanes of at least 4 members (excludes halogenated alkanes) is 1. The molecule has 4 nitrogen and oxygen atoms in total. The van der Waals surface area contributed by atoms with Crippen LogP contribution in [0.5, 0.6) is 11.5 Å². The Labute approximate surface area is 95.3 Å². The number of aromatic hydroxyl groups is 2. The van der Waals surface area contributed by atoms with Crippen LogP contribution in [-0.2, 0) is 5.60 Å². The number of phenolic OH excluding ortho intramolecular Hbond substituents is 2. The number of aliphatic hydroxyl groups is 1. The van der Waals surface area contributed by atoms with E-state index in [1.54, 1.807) is 6.07 Å². The smallest absolute Gasteiger partial charge is 0.157 e. The van der Waals surface area contributed by atoms with Crippen molar-refractivity contribution in [2.75, 3.05) is 6.54 Å². The minimum absolute atomic E-state index is 0.0945. The zero-order valence-corrected chi connectivity index (χ0v) is 9.48. The summed E-state index contributed by atoms with van der Waals surface area (Å²) in [6.45, 7) is 2.13. The van der Waals surface area contributed by atoms with Crippen LogP contribution in [0.3, 0.4) is 0 Å². The average molecular weight is 225 g/mol. The van der Waals surface area contributed by atoms with E-state index in [1.165, 1.54) is 12.1 Å². The van der Waals surface area contributed by atoms with Crippen molar-refractivity contribution in [3.05, 3.63) is 23.8 Å². The molecule has 90 valence electrons. The van der Waals surface area contributed by atoms with Crippen molar-refractivity contribution in [1.82, 2.24) is 0 Å². The van der Waals surface area contributed by atoms with Crippen LogP contribution in [0, 0.1) is 0 Å². The van der Waals surface area contributed by atoms with E-state index in [9.17, 15) is 15.3 Å². The topological polar surface area (TPSA) is 86.7 Å². The lowest BCUT2D eigenvalue weighted by Gasteiger charge is -2.27. The van der Waals surface area contributed by atoms with Gasteiger partial charge in [0.2, 0.25) is 0 Å². The van der Waals surface area contributed by atoms with Crippen molar-refractivity contribution in [2.45, 2.75) is 31.8 Å². The Kier molecular flexibility index (Phi) is 4.15. The Balaban J connectivity index is 2.97. The summed E-state index contributed by atoms with van der Waals surface area (Å²) >= 11 is 0. The maximum atomic E-state index is 10.3. The number of phenols is 2. The summed E-state index contributed by atoms with van der Waals surface area (Å²) < 4.78 is 0. The largest absolute Gasteiger partial charge is 0.504 e. The standard InChI is InChI=1S/C12H19NO3/c1-2-3-6-12(16,8-13)9-4-5-10(14)11(15)7-9/h4-5,7,14-16H,2-3,6,8,13H2,1H3. The molecule has 0 aliphatic carbocycles. The molecule has 0 saturated carbocycles. The highest BCUT2D eigenvalue weighted by molar-refractivity contribution is 5.42. The van der Waals surface area contributed by atoms with Gasteiger partial charge in [-0.1, -0.05) is 25.8 Å². The summed E-state index contributed by atoms with van der Waals surface area (Å²) in [7, 11) is 0. The molecule has 0 amide bonds. The van der Waals surface area contributed by atoms with Crippen molar-refractivity contribution in [2.24, 2.45) is 5.73 Å². The zero-order chi connectivity index (χ0) is 12.2. The van der Waals surface area contributed by atoms with Gasteiger partial charge in [0, 0.05) is 6.54 Å². The third-order valence-corrected chi connectivity index (χ3v) is 2.79. The van der Waals surface area contributed by atoms with E-state index in [2.05, 4.69) is 0 Å². The van der Waals surface area contributed by atoms with Crippen molar-refractivity contribution < 1.29 is 15.3 Å². The van der Waals surface area contributed by atoms with Crippen LogP contribution in [-0.4, -0.2) is 21.9 Å². The molecule has 0 spiro atoms. The monoisotopic (exact) mass is 225 g/mol. The molecule has 16 heavy (non-hydrogen) atoms. The second-order valence-electron chi connectivity index (χ2n) is 4.04. The predicted molar refractivity (Wildman–Crippen MR) is 62.2 cm³/mol. The number of nitrogens with two attached hydrogens (primary N) is 1. The molecule has 5 N–H and O–H groups in total. The summed E-state index contributed by atoms with van der Waals surface area (Å²) in [5.74, 6) is -0.431. The molecule has 1 atom stereocenters. The van der Waals surface area contributed by atoms with Crippen LogP contribution in [0.4, 0.5) is 0 Å². The molecule has 1 unspecified atom stereocenters. The van der Waals surface area contributed by atoms with Crippen LogP contribution < -0.4 is 5.73 Å². The molecule has 1 aromatic rings. The number of hydrogen-bond acceptors (Lipinski definition) is 4. The molecule has 4 heteroatoms. The van der Waals surface area contributed by atoms with Crippen LogP contribution >= 0.6 is 0 Å². The van der Waals surface area contributed by atoms with Gasteiger partial charge in [-0.2, -0.15) is 0 Å². The molecule has 0 aliphatic rings. The van der Waals surface area contributed by atoms with Crippen LogP contribution in [0.2, 0.25) is 0 Å².